The minimum atomic E-state index is -0.945. The van der Waals surface area contributed by atoms with Crippen LogP contribution < -0.4 is 10.9 Å². The second kappa shape index (κ2) is 7.99. The topological polar surface area (TPSA) is 123 Å². The van der Waals surface area contributed by atoms with E-state index in [0.717, 1.165) is 22.4 Å². The number of benzene rings is 1. The Kier molecular flexibility index (Phi) is 5.47. The van der Waals surface area contributed by atoms with Gasteiger partial charge in [-0.05, 0) is 49.1 Å². The molecule has 0 radical (unpaired) electrons. The predicted octanol–water partition coefficient (Wildman–Crippen LogP) is 1.82. The largest absolute Gasteiger partial charge is 0.441 e. The van der Waals surface area contributed by atoms with E-state index in [1.807, 2.05) is 0 Å². The fraction of sp³-hybridized carbons (Fsp3) is 0.545. The highest BCUT2D eigenvalue weighted by molar-refractivity contribution is 6.08. The van der Waals surface area contributed by atoms with Crippen molar-refractivity contribution in [2.24, 2.45) is 11.3 Å². The highest BCUT2D eigenvalue weighted by atomic mass is 16.5. The molecule has 1 aliphatic carbocycles. The fourth-order valence-electron chi connectivity index (χ4n) is 4.55. The van der Waals surface area contributed by atoms with Crippen LogP contribution in [-0.4, -0.2) is 49.9 Å². The fourth-order valence-corrected chi connectivity index (χ4v) is 4.55. The van der Waals surface area contributed by atoms with Gasteiger partial charge in [-0.15, -0.1) is 5.10 Å². The number of nitrogens with one attached hydrogen (secondary N) is 1. The van der Waals surface area contributed by atoms with Crippen molar-refractivity contribution >= 4 is 28.8 Å². The van der Waals surface area contributed by atoms with Crippen LogP contribution in [0, 0.1) is 11.3 Å². The van der Waals surface area contributed by atoms with E-state index >= 15 is 0 Å². The van der Waals surface area contributed by atoms with Gasteiger partial charge in [-0.1, -0.05) is 38.1 Å². The third-order valence-corrected chi connectivity index (χ3v) is 6.57. The molecule has 0 bridgehead atoms. The van der Waals surface area contributed by atoms with Crippen LogP contribution in [0.3, 0.4) is 0 Å². The Morgan fingerprint density at radius 1 is 1.19 bits per heavy atom. The number of imide groups is 1. The van der Waals surface area contributed by atoms with Gasteiger partial charge in [0.05, 0.1) is 5.39 Å². The maximum absolute atomic E-state index is 13.0. The first-order chi connectivity index (χ1) is 15.1. The first kappa shape index (κ1) is 21.9. The van der Waals surface area contributed by atoms with E-state index in [0.29, 0.717) is 29.7 Å². The van der Waals surface area contributed by atoms with Crippen LogP contribution in [0.1, 0.15) is 46.5 Å². The third kappa shape index (κ3) is 3.96. The Morgan fingerprint density at radius 3 is 2.56 bits per heavy atom. The number of aromatic nitrogens is 3. The Balaban J connectivity index is 1.38. The number of rotatable bonds is 4. The first-order valence-electron chi connectivity index (χ1n) is 10.7. The molecule has 170 valence electrons. The maximum Gasteiger partial charge on any atom is 0.328 e. The van der Waals surface area contributed by atoms with Crippen LogP contribution in [0.2, 0.25) is 0 Å². The summed E-state index contributed by atoms with van der Waals surface area (Å²) < 4.78 is 6.02. The van der Waals surface area contributed by atoms with Gasteiger partial charge in [-0.3, -0.25) is 19.3 Å². The van der Waals surface area contributed by atoms with Gasteiger partial charge >= 0.3 is 12.0 Å². The second-order valence-corrected chi connectivity index (χ2v) is 9.60. The van der Waals surface area contributed by atoms with Gasteiger partial charge in [-0.25, -0.2) is 4.79 Å². The minimum absolute atomic E-state index is 0.139. The Labute approximate surface area is 184 Å². The Morgan fingerprint density at radius 2 is 1.88 bits per heavy atom. The lowest BCUT2D eigenvalue weighted by Gasteiger charge is -2.40. The van der Waals surface area contributed by atoms with Crippen molar-refractivity contribution in [1.82, 2.24) is 25.2 Å². The zero-order chi connectivity index (χ0) is 23.1. The molecule has 32 heavy (non-hydrogen) atoms. The molecule has 1 saturated carbocycles. The van der Waals surface area contributed by atoms with Crippen molar-refractivity contribution in [3.8, 4) is 0 Å². The number of fused-ring (bicyclic) bond motifs is 1. The second-order valence-electron chi connectivity index (χ2n) is 9.60. The summed E-state index contributed by atoms with van der Waals surface area (Å²) in [6.45, 7) is 5.55. The van der Waals surface area contributed by atoms with Gasteiger partial charge in [0.15, 0.2) is 6.73 Å². The van der Waals surface area contributed by atoms with Crippen LogP contribution in [0.15, 0.2) is 29.1 Å². The normalized spacial score (nSPS) is 23.6. The quantitative estimate of drug-likeness (QED) is 0.567. The molecule has 0 atom stereocenters. The van der Waals surface area contributed by atoms with Crippen molar-refractivity contribution in [1.29, 1.82) is 0 Å². The third-order valence-electron chi connectivity index (χ3n) is 6.57. The molecule has 1 aliphatic heterocycles. The van der Waals surface area contributed by atoms with Crippen LogP contribution in [0.4, 0.5) is 4.79 Å². The molecule has 10 nitrogen and oxygen atoms in total. The van der Waals surface area contributed by atoms with E-state index in [2.05, 4.69) is 36.4 Å². The number of carbonyl (C=O) groups is 3. The molecule has 0 unspecified atom stereocenters. The molecule has 1 aromatic carbocycles. The number of nitrogens with zero attached hydrogens (tertiary/aromatic N) is 4. The van der Waals surface area contributed by atoms with Gasteiger partial charge in [0.1, 0.15) is 17.6 Å². The summed E-state index contributed by atoms with van der Waals surface area (Å²) in [6, 6.07) is 6.10. The zero-order valence-corrected chi connectivity index (χ0v) is 18.5. The maximum atomic E-state index is 13.0. The van der Waals surface area contributed by atoms with Crippen LogP contribution in [0.5, 0.6) is 0 Å². The number of ether oxygens (including phenoxy) is 1. The van der Waals surface area contributed by atoms with Crippen molar-refractivity contribution in [3.05, 3.63) is 34.6 Å². The number of hydrogen-bond donors (Lipinski definition) is 1. The van der Waals surface area contributed by atoms with Gasteiger partial charge in [-0.2, -0.15) is 4.68 Å². The molecule has 1 N–H and O–H groups in total. The molecule has 3 amide bonds. The molecule has 2 fully saturated rings. The van der Waals surface area contributed by atoms with Crippen molar-refractivity contribution in [2.75, 3.05) is 6.54 Å². The van der Waals surface area contributed by atoms with E-state index in [1.165, 1.54) is 0 Å². The number of amides is 3. The summed E-state index contributed by atoms with van der Waals surface area (Å²) in [6.07, 6.45) is 2.76. The van der Waals surface area contributed by atoms with E-state index < -0.39 is 42.3 Å². The van der Waals surface area contributed by atoms with E-state index in [1.54, 1.807) is 24.3 Å². The summed E-state index contributed by atoms with van der Waals surface area (Å²) in [5, 5.41) is 10.8. The van der Waals surface area contributed by atoms with Crippen molar-refractivity contribution in [2.45, 2.75) is 58.7 Å². The molecular formula is C22H27N5O5. The summed E-state index contributed by atoms with van der Waals surface area (Å²) in [7, 11) is 0. The summed E-state index contributed by atoms with van der Waals surface area (Å²) in [4.78, 5) is 51.1. The Bertz CT molecular complexity index is 1130. The van der Waals surface area contributed by atoms with Gasteiger partial charge < -0.3 is 10.1 Å². The molecule has 2 heterocycles. The van der Waals surface area contributed by atoms with E-state index in [9.17, 15) is 19.2 Å². The Hall–Kier alpha value is -3.30. The SMILES string of the molecule is CC(C)(C)C1CCC2(CC1)NC(=O)N(CC(=O)OCn1nnc3ccccc3c1=O)C2=O. The smallest absolute Gasteiger partial charge is 0.328 e. The summed E-state index contributed by atoms with van der Waals surface area (Å²) >= 11 is 0. The molecule has 10 heteroatoms. The first-order valence-corrected chi connectivity index (χ1v) is 10.7. The number of hydrogen-bond acceptors (Lipinski definition) is 7. The molecule has 1 saturated heterocycles. The highest BCUT2D eigenvalue weighted by Crippen LogP contribution is 2.43. The predicted molar refractivity (Wildman–Crippen MR) is 114 cm³/mol. The average Bonchev–Trinajstić information content (AvgIpc) is 2.97. The molecule has 4 rings (SSSR count). The lowest BCUT2D eigenvalue weighted by molar-refractivity contribution is -0.151. The molecule has 1 spiro atoms. The van der Waals surface area contributed by atoms with Gasteiger partial charge in [0.25, 0.3) is 11.5 Å². The molecule has 2 aromatic rings. The lowest BCUT2D eigenvalue weighted by atomic mass is 9.67. The van der Waals surface area contributed by atoms with Crippen molar-refractivity contribution in [3.63, 3.8) is 0 Å². The molecule has 1 aromatic heterocycles. The van der Waals surface area contributed by atoms with Gasteiger partial charge in [0, 0.05) is 0 Å². The highest BCUT2D eigenvalue weighted by Gasteiger charge is 2.53. The van der Waals surface area contributed by atoms with Gasteiger partial charge in [0.2, 0.25) is 0 Å². The minimum Gasteiger partial charge on any atom is -0.441 e. The summed E-state index contributed by atoms with van der Waals surface area (Å²) in [5.74, 6) is -0.733. The molecule has 2 aliphatic rings. The van der Waals surface area contributed by atoms with Crippen LogP contribution in [0.25, 0.3) is 10.9 Å². The van der Waals surface area contributed by atoms with E-state index in [-0.39, 0.29) is 5.41 Å². The standard InChI is InChI=1S/C22H27N5O5/c1-21(2,3)14-8-10-22(11-9-14)19(30)26(20(31)23-22)12-17(28)32-13-27-18(29)15-6-4-5-7-16(15)24-25-27/h4-7,14H,8-13H2,1-3H3,(H,23,31). The lowest BCUT2D eigenvalue weighted by Crippen LogP contribution is -2.50. The molecular weight excluding hydrogens is 414 g/mol. The average molecular weight is 441 g/mol. The zero-order valence-electron chi connectivity index (χ0n) is 18.5. The number of esters is 1. The number of carbonyl (C=O) groups excluding carboxylic acids is 3. The summed E-state index contributed by atoms with van der Waals surface area (Å²) in [5.41, 5.74) is -0.820. The van der Waals surface area contributed by atoms with Crippen LogP contribution >= 0.6 is 0 Å². The number of urea groups is 1. The van der Waals surface area contributed by atoms with Crippen molar-refractivity contribution < 1.29 is 19.1 Å². The van der Waals surface area contributed by atoms with E-state index in [4.69, 9.17) is 4.74 Å². The van der Waals surface area contributed by atoms with Crippen LogP contribution in [-0.2, 0) is 21.1 Å². The monoisotopic (exact) mass is 441 g/mol.